The van der Waals surface area contributed by atoms with Crippen molar-refractivity contribution in [1.29, 1.82) is 0 Å². The molecule has 0 unspecified atom stereocenters. The van der Waals surface area contributed by atoms with E-state index in [2.05, 4.69) is 51.1 Å². The van der Waals surface area contributed by atoms with Crippen molar-refractivity contribution in [2.75, 3.05) is 32.1 Å². The van der Waals surface area contributed by atoms with Gasteiger partial charge < -0.3 is 10.1 Å². The van der Waals surface area contributed by atoms with Crippen LogP contribution >= 0.6 is 11.3 Å². The van der Waals surface area contributed by atoms with Gasteiger partial charge in [0.2, 0.25) is 0 Å². The molecule has 0 aliphatic carbocycles. The maximum Gasteiger partial charge on any atom is 0.190 e. The number of methoxy groups -OCH3 is 1. The standard InChI is InChI=1S/C26H32N6OS/c1-4-19(2)32(16-17-33-3)15-5-6-20-9-14-28-24(18-20)31-26-30-23-8-7-22(29-25(23)34-26)21-10-12-27-13-11-21/h7-14,18-19H,4-6,15-17H2,1-3H3,(H,28,30,31)/t19-/m0/s1. The van der Waals surface area contributed by atoms with Crippen molar-refractivity contribution < 1.29 is 4.74 Å². The first-order valence-corrected chi connectivity index (χ1v) is 12.6. The number of ether oxygens (including phenoxy) is 1. The molecule has 4 aromatic rings. The molecule has 4 aromatic heterocycles. The van der Waals surface area contributed by atoms with Gasteiger partial charge >= 0.3 is 0 Å². The molecular weight excluding hydrogens is 444 g/mol. The molecule has 0 fully saturated rings. The molecule has 8 heteroatoms. The summed E-state index contributed by atoms with van der Waals surface area (Å²) in [5.41, 5.74) is 4.11. The molecule has 4 rings (SSSR count). The van der Waals surface area contributed by atoms with Crippen LogP contribution in [0, 0.1) is 0 Å². The Morgan fingerprint density at radius 3 is 2.71 bits per heavy atom. The first kappa shape index (κ1) is 24.2. The molecule has 0 spiro atoms. The molecular formula is C26H32N6OS. The summed E-state index contributed by atoms with van der Waals surface area (Å²) >= 11 is 1.53. The molecule has 7 nitrogen and oxygen atoms in total. The predicted molar refractivity (Wildman–Crippen MR) is 140 cm³/mol. The molecule has 0 aromatic carbocycles. The van der Waals surface area contributed by atoms with Crippen molar-refractivity contribution >= 4 is 32.6 Å². The molecule has 34 heavy (non-hydrogen) atoms. The summed E-state index contributed by atoms with van der Waals surface area (Å²) in [6.45, 7) is 7.34. The molecule has 0 bridgehead atoms. The fourth-order valence-corrected chi connectivity index (χ4v) is 4.71. The molecule has 1 atom stereocenters. The van der Waals surface area contributed by atoms with E-state index in [-0.39, 0.29) is 0 Å². The fourth-order valence-electron chi connectivity index (χ4n) is 3.87. The average molecular weight is 477 g/mol. The number of nitrogens with one attached hydrogen (secondary N) is 1. The minimum atomic E-state index is 0.566. The average Bonchev–Trinajstić information content (AvgIpc) is 3.27. The number of pyridine rings is 3. The molecule has 0 aliphatic heterocycles. The van der Waals surface area contributed by atoms with Gasteiger partial charge in [0.25, 0.3) is 0 Å². The highest BCUT2D eigenvalue weighted by atomic mass is 32.1. The monoisotopic (exact) mass is 476 g/mol. The van der Waals surface area contributed by atoms with Gasteiger partial charge in [0.15, 0.2) is 5.13 Å². The van der Waals surface area contributed by atoms with E-state index in [4.69, 9.17) is 9.72 Å². The van der Waals surface area contributed by atoms with E-state index in [9.17, 15) is 0 Å². The Morgan fingerprint density at radius 1 is 1.06 bits per heavy atom. The van der Waals surface area contributed by atoms with Crippen molar-refractivity contribution in [3.8, 4) is 11.3 Å². The third-order valence-electron chi connectivity index (χ3n) is 6.00. The van der Waals surface area contributed by atoms with E-state index in [1.54, 1.807) is 19.5 Å². The lowest BCUT2D eigenvalue weighted by atomic mass is 10.1. The number of fused-ring (bicyclic) bond motifs is 1. The predicted octanol–water partition coefficient (Wildman–Crippen LogP) is 5.57. The largest absolute Gasteiger partial charge is 0.383 e. The van der Waals surface area contributed by atoms with Gasteiger partial charge in [-0.25, -0.2) is 15.0 Å². The van der Waals surface area contributed by atoms with Crippen LogP contribution in [0.2, 0.25) is 0 Å². The van der Waals surface area contributed by atoms with Gasteiger partial charge in [-0.3, -0.25) is 9.88 Å². The summed E-state index contributed by atoms with van der Waals surface area (Å²) in [5, 5.41) is 4.16. The van der Waals surface area contributed by atoms with Crippen LogP contribution in [0.3, 0.4) is 0 Å². The summed E-state index contributed by atoms with van der Waals surface area (Å²) in [7, 11) is 1.77. The number of anilines is 2. The number of hydrogen-bond donors (Lipinski definition) is 1. The van der Waals surface area contributed by atoms with Crippen molar-refractivity contribution in [3.63, 3.8) is 0 Å². The summed E-state index contributed by atoms with van der Waals surface area (Å²) in [6, 6.07) is 12.7. The molecule has 0 saturated carbocycles. The van der Waals surface area contributed by atoms with Gasteiger partial charge in [-0.1, -0.05) is 18.3 Å². The van der Waals surface area contributed by atoms with Crippen LogP contribution in [0.15, 0.2) is 55.0 Å². The Bertz CT molecular complexity index is 1180. The van der Waals surface area contributed by atoms with Gasteiger partial charge in [0, 0.05) is 43.9 Å². The van der Waals surface area contributed by atoms with Crippen LogP contribution < -0.4 is 5.32 Å². The smallest absolute Gasteiger partial charge is 0.190 e. The molecule has 0 radical (unpaired) electrons. The van der Waals surface area contributed by atoms with Crippen LogP contribution in [0.5, 0.6) is 0 Å². The van der Waals surface area contributed by atoms with E-state index in [1.165, 1.54) is 16.9 Å². The van der Waals surface area contributed by atoms with Crippen molar-refractivity contribution in [3.05, 3.63) is 60.6 Å². The van der Waals surface area contributed by atoms with Crippen molar-refractivity contribution in [1.82, 2.24) is 24.8 Å². The lowest BCUT2D eigenvalue weighted by molar-refractivity contribution is 0.122. The zero-order valence-electron chi connectivity index (χ0n) is 20.1. The molecule has 0 amide bonds. The van der Waals surface area contributed by atoms with E-state index in [1.807, 2.05) is 30.5 Å². The molecule has 178 valence electrons. The quantitative estimate of drug-likeness (QED) is 0.286. The van der Waals surface area contributed by atoms with Crippen LogP contribution in [-0.2, 0) is 11.2 Å². The highest BCUT2D eigenvalue weighted by molar-refractivity contribution is 7.21. The van der Waals surface area contributed by atoms with E-state index >= 15 is 0 Å². The topological polar surface area (TPSA) is 76.1 Å². The SMILES string of the molecule is CC[C@H](C)N(CCCc1ccnc(Nc2nc3ccc(-c4ccncc4)nc3s2)c1)CCOC. The Labute approximate surface area is 205 Å². The van der Waals surface area contributed by atoms with Gasteiger partial charge in [0.1, 0.15) is 16.2 Å². The van der Waals surface area contributed by atoms with E-state index in [0.717, 1.165) is 71.5 Å². The first-order valence-electron chi connectivity index (χ1n) is 11.8. The number of hydrogen-bond acceptors (Lipinski definition) is 8. The number of thiazole rings is 1. The lowest BCUT2D eigenvalue weighted by Gasteiger charge is -2.28. The van der Waals surface area contributed by atoms with Crippen LogP contribution in [-0.4, -0.2) is 57.7 Å². The van der Waals surface area contributed by atoms with Crippen LogP contribution in [0.25, 0.3) is 21.6 Å². The number of aromatic nitrogens is 4. The third kappa shape index (κ3) is 6.34. The lowest BCUT2D eigenvalue weighted by Crippen LogP contribution is -2.36. The number of rotatable bonds is 12. The number of nitrogens with zero attached hydrogens (tertiary/aromatic N) is 5. The molecule has 1 N–H and O–H groups in total. The highest BCUT2D eigenvalue weighted by Crippen LogP contribution is 2.29. The second kappa shape index (κ2) is 12.0. The first-order chi connectivity index (χ1) is 16.7. The van der Waals surface area contributed by atoms with Gasteiger partial charge in [-0.15, -0.1) is 0 Å². The summed E-state index contributed by atoms with van der Waals surface area (Å²) in [6.07, 6.45) is 8.67. The minimum Gasteiger partial charge on any atom is -0.383 e. The van der Waals surface area contributed by atoms with Crippen molar-refractivity contribution in [2.24, 2.45) is 0 Å². The second-order valence-corrected chi connectivity index (χ2v) is 9.32. The Kier molecular flexibility index (Phi) is 8.51. The molecule has 0 aliphatic rings. The van der Waals surface area contributed by atoms with Crippen LogP contribution in [0.1, 0.15) is 32.3 Å². The zero-order valence-corrected chi connectivity index (χ0v) is 20.9. The van der Waals surface area contributed by atoms with Gasteiger partial charge in [-0.2, -0.15) is 0 Å². The Balaban J connectivity index is 1.39. The fraction of sp³-hybridized carbons (Fsp3) is 0.385. The Hall–Kier alpha value is -2.94. The highest BCUT2D eigenvalue weighted by Gasteiger charge is 2.12. The summed E-state index contributed by atoms with van der Waals surface area (Å²) in [4.78, 5) is 21.5. The van der Waals surface area contributed by atoms with E-state index in [0.29, 0.717) is 6.04 Å². The van der Waals surface area contributed by atoms with Crippen LogP contribution in [0.4, 0.5) is 10.9 Å². The van der Waals surface area contributed by atoms with Crippen molar-refractivity contribution in [2.45, 2.75) is 39.2 Å². The summed E-state index contributed by atoms with van der Waals surface area (Å²) < 4.78 is 5.28. The third-order valence-corrected chi connectivity index (χ3v) is 6.88. The van der Waals surface area contributed by atoms with Gasteiger partial charge in [0.05, 0.1) is 12.3 Å². The van der Waals surface area contributed by atoms with E-state index < -0.39 is 0 Å². The van der Waals surface area contributed by atoms with Gasteiger partial charge in [-0.05, 0) is 74.7 Å². The number of aryl methyl sites for hydroxylation is 1. The molecule has 4 heterocycles. The second-order valence-electron chi connectivity index (χ2n) is 8.34. The zero-order chi connectivity index (χ0) is 23.8. The maximum absolute atomic E-state index is 5.28. The Morgan fingerprint density at radius 2 is 1.91 bits per heavy atom. The minimum absolute atomic E-state index is 0.566. The molecule has 0 saturated heterocycles. The normalized spacial score (nSPS) is 12.4. The summed E-state index contributed by atoms with van der Waals surface area (Å²) in [5.74, 6) is 0.809. The maximum atomic E-state index is 5.28.